The predicted molar refractivity (Wildman–Crippen MR) is 82.6 cm³/mol. The first kappa shape index (κ1) is 13.7. The number of aliphatic hydroxyl groups is 1. The third kappa shape index (κ3) is 2.60. The monoisotopic (exact) mass is 272 g/mol. The Morgan fingerprint density at radius 2 is 2.05 bits per heavy atom. The molecular formula is C17H24N2O. The second-order valence-corrected chi connectivity index (χ2v) is 6.00. The number of aliphatic hydroxyl groups excluding tert-OH is 1. The van der Waals surface area contributed by atoms with Crippen LogP contribution in [-0.4, -0.2) is 22.3 Å². The first-order valence-electron chi connectivity index (χ1n) is 7.67. The number of nitrogens with zero attached hydrogens (tertiary/aromatic N) is 1. The van der Waals surface area contributed by atoms with Gasteiger partial charge in [0.1, 0.15) is 0 Å². The number of rotatable bonds is 4. The van der Waals surface area contributed by atoms with E-state index in [1.807, 2.05) is 0 Å². The zero-order valence-corrected chi connectivity index (χ0v) is 12.2. The molecule has 1 aliphatic rings. The molecule has 1 aromatic carbocycles. The summed E-state index contributed by atoms with van der Waals surface area (Å²) < 4.78 is 2.19. The summed E-state index contributed by atoms with van der Waals surface area (Å²) in [6.45, 7) is 1.20. The Labute approximate surface area is 120 Å². The normalized spacial score (nSPS) is 23.3. The SMILES string of the molecule is Cn1cc(CNC2CCCCC2CO)c2ccccc21. The van der Waals surface area contributed by atoms with Crippen molar-refractivity contribution in [1.82, 2.24) is 9.88 Å². The van der Waals surface area contributed by atoms with Crippen LogP contribution in [0.4, 0.5) is 0 Å². The van der Waals surface area contributed by atoms with Crippen LogP contribution in [0.1, 0.15) is 31.2 Å². The maximum Gasteiger partial charge on any atom is 0.0481 e. The fourth-order valence-corrected chi connectivity index (χ4v) is 3.50. The highest BCUT2D eigenvalue weighted by Gasteiger charge is 2.24. The van der Waals surface area contributed by atoms with Crippen LogP contribution in [0, 0.1) is 5.92 Å². The van der Waals surface area contributed by atoms with Crippen molar-refractivity contribution in [2.24, 2.45) is 13.0 Å². The van der Waals surface area contributed by atoms with Gasteiger partial charge in [0, 0.05) is 43.3 Å². The van der Waals surface area contributed by atoms with Gasteiger partial charge in [0.2, 0.25) is 0 Å². The van der Waals surface area contributed by atoms with Crippen molar-refractivity contribution in [1.29, 1.82) is 0 Å². The van der Waals surface area contributed by atoms with Gasteiger partial charge >= 0.3 is 0 Å². The average molecular weight is 272 g/mol. The van der Waals surface area contributed by atoms with E-state index in [0.29, 0.717) is 18.6 Å². The summed E-state index contributed by atoms with van der Waals surface area (Å²) in [6.07, 6.45) is 7.11. The summed E-state index contributed by atoms with van der Waals surface area (Å²) in [5.74, 6) is 0.429. The van der Waals surface area contributed by atoms with Crippen molar-refractivity contribution < 1.29 is 5.11 Å². The molecule has 1 aliphatic carbocycles. The van der Waals surface area contributed by atoms with E-state index in [0.717, 1.165) is 13.0 Å². The molecule has 0 saturated heterocycles. The highest BCUT2D eigenvalue weighted by Crippen LogP contribution is 2.25. The largest absolute Gasteiger partial charge is 0.396 e. The maximum atomic E-state index is 9.49. The molecule has 2 unspecified atom stereocenters. The molecule has 3 rings (SSSR count). The van der Waals surface area contributed by atoms with E-state index in [1.54, 1.807) is 0 Å². The minimum absolute atomic E-state index is 0.313. The second kappa shape index (κ2) is 5.98. The van der Waals surface area contributed by atoms with Gasteiger partial charge in [0.15, 0.2) is 0 Å². The van der Waals surface area contributed by atoms with Gasteiger partial charge in [0.05, 0.1) is 0 Å². The summed E-state index contributed by atoms with van der Waals surface area (Å²) in [6, 6.07) is 9.01. The van der Waals surface area contributed by atoms with Gasteiger partial charge < -0.3 is 15.0 Å². The lowest BCUT2D eigenvalue weighted by atomic mass is 9.85. The quantitative estimate of drug-likeness (QED) is 0.898. The highest BCUT2D eigenvalue weighted by atomic mass is 16.3. The van der Waals surface area contributed by atoms with Crippen LogP contribution in [0.15, 0.2) is 30.5 Å². The fraction of sp³-hybridized carbons (Fsp3) is 0.529. The van der Waals surface area contributed by atoms with Crippen molar-refractivity contribution in [3.05, 3.63) is 36.0 Å². The Balaban J connectivity index is 1.73. The van der Waals surface area contributed by atoms with Crippen LogP contribution in [0.25, 0.3) is 10.9 Å². The topological polar surface area (TPSA) is 37.2 Å². The van der Waals surface area contributed by atoms with Crippen molar-refractivity contribution in [2.75, 3.05) is 6.61 Å². The van der Waals surface area contributed by atoms with Crippen LogP contribution in [-0.2, 0) is 13.6 Å². The van der Waals surface area contributed by atoms with E-state index < -0.39 is 0 Å². The molecule has 2 N–H and O–H groups in total. The highest BCUT2D eigenvalue weighted by molar-refractivity contribution is 5.83. The summed E-state index contributed by atoms with van der Waals surface area (Å²) in [7, 11) is 2.10. The first-order chi connectivity index (χ1) is 9.79. The van der Waals surface area contributed by atoms with E-state index in [9.17, 15) is 5.11 Å². The third-order valence-corrected chi connectivity index (χ3v) is 4.68. The Kier molecular flexibility index (Phi) is 4.08. The summed E-state index contributed by atoms with van der Waals surface area (Å²) in [4.78, 5) is 0. The lowest BCUT2D eigenvalue weighted by Crippen LogP contribution is -2.39. The number of hydrogen-bond donors (Lipinski definition) is 2. The Hall–Kier alpha value is -1.32. The molecular weight excluding hydrogens is 248 g/mol. The van der Waals surface area contributed by atoms with Crippen molar-refractivity contribution >= 4 is 10.9 Å². The second-order valence-electron chi connectivity index (χ2n) is 6.00. The predicted octanol–water partition coefficient (Wildman–Crippen LogP) is 2.82. The van der Waals surface area contributed by atoms with Crippen LogP contribution < -0.4 is 5.32 Å². The lowest BCUT2D eigenvalue weighted by Gasteiger charge is -2.31. The number of aryl methyl sites for hydroxylation is 1. The maximum absolute atomic E-state index is 9.49. The number of para-hydroxylation sites is 1. The van der Waals surface area contributed by atoms with E-state index in [1.165, 1.54) is 35.7 Å². The molecule has 3 nitrogen and oxygen atoms in total. The van der Waals surface area contributed by atoms with Gasteiger partial charge in [-0.05, 0) is 30.4 Å². The van der Waals surface area contributed by atoms with Gasteiger partial charge in [-0.1, -0.05) is 31.0 Å². The summed E-state index contributed by atoms with van der Waals surface area (Å²) >= 11 is 0. The average Bonchev–Trinajstić information content (AvgIpc) is 2.82. The number of fused-ring (bicyclic) bond motifs is 1. The molecule has 0 radical (unpaired) electrons. The molecule has 0 spiro atoms. The number of hydrogen-bond acceptors (Lipinski definition) is 2. The first-order valence-corrected chi connectivity index (χ1v) is 7.67. The van der Waals surface area contributed by atoms with Gasteiger partial charge in [-0.3, -0.25) is 0 Å². The molecule has 0 bridgehead atoms. The van der Waals surface area contributed by atoms with Crippen LogP contribution in [0.5, 0.6) is 0 Å². The number of aromatic nitrogens is 1. The smallest absolute Gasteiger partial charge is 0.0481 e. The van der Waals surface area contributed by atoms with Gasteiger partial charge in [0.25, 0.3) is 0 Å². The summed E-state index contributed by atoms with van der Waals surface area (Å²) in [5, 5.41) is 14.5. The van der Waals surface area contributed by atoms with Crippen molar-refractivity contribution in [3.8, 4) is 0 Å². The van der Waals surface area contributed by atoms with Gasteiger partial charge in [-0.25, -0.2) is 0 Å². The molecule has 2 atom stereocenters. The summed E-state index contributed by atoms with van der Waals surface area (Å²) in [5.41, 5.74) is 2.64. The molecule has 108 valence electrons. The van der Waals surface area contributed by atoms with Gasteiger partial charge in [-0.15, -0.1) is 0 Å². The molecule has 1 fully saturated rings. The minimum atomic E-state index is 0.313. The Morgan fingerprint density at radius 1 is 1.25 bits per heavy atom. The van der Waals surface area contributed by atoms with Crippen LogP contribution in [0.3, 0.4) is 0 Å². The van der Waals surface area contributed by atoms with E-state index in [2.05, 4.69) is 47.4 Å². The fourth-order valence-electron chi connectivity index (χ4n) is 3.50. The zero-order valence-electron chi connectivity index (χ0n) is 12.2. The molecule has 0 amide bonds. The lowest BCUT2D eigenvalue weighted by molar-refractivity contribution is 0.152. The molecule has 1 saturated carbocycles. The number of benzene rings is 1. The molecule has 1 heterocycles. The Bertz CT molecular complexity index is 575. The van der Waals surface area contributed by atoms with E-state index in [4.69, 9.17) is 0 Å². The number of nitrogens with one attached hydrogen (secondary N) is 1. The van der Waals surface area contributed by atoms with Crippen molar-refractivity contribution in [3.63, 3.8) is 0 Å². The van der Waals surface area contributed by atoms with Gasteiger partial charge in [-0.2, -0.15) is 0 Å². The minimum Gasteiger partial charge on any atom is -0.396 e. The van der Waals surface area contributed by atoms with E-state index in [-0.39, 0.29) is 0 Å². The van der Waals surface area contributed by atoms with E-state index >= 15 is 0 Å². The molecule has 1 aromatic heterocycles. The standard InChI is InChI=1S/C17H24N2O/c1-19-11-14(15-7-3-5-9-17(15)19)10-18-16-8-4-2-6-13(16)12-20/h3,5,7,9,11,13,16,18,20H,2,4,6,8,10,12H2,1H3. The third-order valence-electron chi connectivity index (χ3n) is 4.68. The molecule has 3 heteroatoms. The molecule has 0 aliphatic heterocycles. The van der Waals surface area contributed by atoms with Crippen molar-refractivity contribution in [2.45, 2.75) is 38.3 Å². The van der Waals surface area contributed by atoms with Crippen LogP contribution >= 0.6 is 0 Å². The zero-order chi connectivity index (χ0) is 13.9. The molecule has 20 heavy (non-hydrogen) atoms. The Morgan fingerprint density at radius 3 is 2.90 bits per heavy atom. The molecule has 2 aromatic rings. The van der Waals surface area contributed by atoms with Crippen LogP contribution in [0.2, 0.25) is 0 Å².